The van der Waals surface area contributed by atoms with Gasteiger partial charge < -0.3 is 14.8 Å². The summed E-state index contributed by atoms with van der Waals surface area (Å²) in [6.07, 6.45) is 0. The quantitative estimate of drug-likeness (QED) is 0.904. The third-order valence-electron chi connectivity index (χ3n) is 2.76. The molecular formula is C14H18N4O2. The highest BCUT2D eigenvalue weighted by atomic mass is 16.5. The molecule has 0 aliphatic heterocycles. The average molecular weight is 274 g/mol. The molecule has 0 spiro atoms. The molecule has 0 saturated carbocycles. The molecule has 20 heavy (non-hydrogen) atoms. The Balaban J connectivity index is 2.20. The van der Waals surface area contributed by atoms with Crippen LogP contribution in [0.3, 0.4) is 0 Å². The summed E-state index contributed by atoms with van der Waals surface area (Å²) in [5, 5.41) is 2.83. The highest BCUT2D eigenvalue weighted by Gasteiger charge is 2.08. The van der Waals surface area contributed by atoms with Gasteiger partial charge in [-0.2, -0.15) is 9.97 Å². The van der Waals surface area contributed by atoms with Gasteiger partial charge in [-0.05, 0) is 23.6 Å². The summed E-state index contributed by atoms with van der Waals surface area (Å²) < 4.78 is 10.6. The summed E-state index contributed by atoms with van der Waals surface area (Å²) >= 11 is 0. The topological polar surface area (TPSA) is 69.2 Å². The Morgan fingerprint density at radius 1 is 1.00 bits per heavy atom. The Kier molecular flexibility index (Phi) is 4.34. The normalized spacial score (nSPS) is 10.4. The Hall–Kier alpha value is -2.37. The van der Waals surface area contributed by atoms with E-state index in [4.69, 9.17) is 9.47 Å². The molecule has 1 N–H and O–H groups in total. The first-order chi connectivity index (χ1) is 9.62. The Morgan fingerprint density at radius 2 is 1.65 bits per heavy atom. The first kappa shape index (κ1) is 14.0. The van der Waals surface area contributed by atoms with E-state index in [2.05, 4.69) is 34.1 Å². The number of ether oxygens (including phenoxy) is 2. The van der Waals surface area contributed by atoms with E-state index in [1.807, 2.05) is 24.3 Å². The molecule has 1 aromatic heterocycles. The number of anilines is 1. The van der Waals surface area contributed by atoms with Gasteiger partial charge in [-0.1, -0.05) is 26.0 Å². The van der Waals surface area contributed by atoms with Gasteiger partial charge in [0.1, 0.15) is 5.75 Å². The lowest BCUT2D eigenvalue weighted by Gasteiger charge is -2.08. The molecule has 6 heteroatoms. The molecule has 6 nitrogen and oxygen atoms in total. The molecule has 0 fully saturated rings. The number of hydrogen-bond acceptors (Lipinski definition) is 6. The van der Waals surface area contributed by atoms with E-state index in [0.29, 0.717) is 17.6 Å². The van der Waals surface area contributed by atoms with Crippen LogP contribution in [0.25, 0.3) is 0 Å². The van der Waals surface area contributed by atoms with Crippen molar-refractivity contribution in [2.45, 2.75) is 19.8 Å². The van der Waals surface area contributed by atoms with Gasteiger partial charge in [-0.3, -0.25) is 0 Å². The van der Waals surface area contributed by atoms with Crippen LogP contribution in [-0.2, 0) is 0 Å². The Morgan fingerprint density at radius 3 is 2.20 bits per heavy atom. The van der Waals surface area contributed by atoms with Crippen LogP contribution < -0.4 is 14.8 Å². The first-order valence-corrected chi connectivity index (χ1v) is 6.38. The lowest BCUT2D eigenvalue weighted by Crippen LogP contribution is -2.03. The van der Waals surface area contributed by atoms with E-state index in [1.165, 1.54) is 12.7 Å². The predicted molar refractivity (Wildman–Crippen MR) is 76.5 cm³/mol. The van der Waals surface area contributed by atoms with Crippen LogP contribution in [0.15, 0.2) is 24.3 Å². The average Bonchev–Trinajstić information content (AvgIpc) is 2.47. The van der Waals surface area contributed by atoms with E-state index in [1.54, 1.807) is 7.05 Å². The molecule has 0 aliphatic carbocycles. The maximum Gasteiger partial charge on any atom is 0.330 e. The van der Waals surface area contributed by atoms with Crippen LogP contribution in [0.5, 0.6) is 17.8 Å². The number of benzene rings is 1. The zero-order valence-electron chi connectivity index (χ0n) is 12.0. The van der Waals surface area contributed by atoms with Crippen LogP contribution in [0.4, 0.5) is 5.95 Å². The van der Waals surface area contributed by atoms with Crippen molar-refractivity contribution in [1.82, 2.24) is 15.0 Å². The number of rotatable bonds is 5. The molecule has 0 saturated heterocycles. The zero-order chi connectivity index (χ0) is 14.5. The minimum absolute atomic E-state index is 0.193. The summed E-state index contributed by atoms with van der Waals surface area (Å²) in [7, 11) is 3.21. The fraction of sp³-hybridized carbons (Fsp3) is 0.357. The molecule has 0 bridgehead atoms. The SMILES string of the molecule is CNc1nc(OC)nc(Oc2ccc(C(C)C)cc2)n1. The summed E-state index contributed by atoms with van der Waals surface area (Å²) in [4.78, 5) is 12.2. The van der Waals surface area contributed by atoms with Gasteiger partial charge in [0.15, 0.2) is 0 Å². The third-order valence-corrected chi connectivity index (χ3v) is 2.76. The van der Waals surface area contributed by atoms with Crippen LogP contribution in [-0.4, -0.2) is 29.1 Å². The number of nitrogens with one attached hydrogen (secondary N) is 1. The molecule has 106 valence electrons. The summed E-state index contributed by atoms with van der Waals surface area (Å²) in [6, 6.07) is 8.24. The highest BCUT2D eigenvalue weighted by Crippen LogP contribution is 2.23. The van der Waals surface area contributed by atoms with Gasteiger partial charge in [0.2, 0.25) is 5.95 Å². The van der Waals surface area contributed by atoms with Gasteiger partial charge in [0.25, 0.3) is 0 Å². The highest BCUT2D eigenvalue weighted by molar-refractivity contribution is 5.32. The molecule has 0 radical (unpaired) electrons. The maximum atomic E-state index is 5.62. The van der Waals surface area contributed by atoms with Crippen LogP contribution in [0, 0.1) is 0 Å². The summed E-state index contributed by atoms with van der Waals surface area (Å²) in [6.45, 7) is 4.29. The standard InChI is InChI=1S/C14H18N4O2/c1-9(2)10-5-7-11(8-6-10)20-14-17-12(15-3)16-13(18-14)19-4/h5-9H,1-4H3,(H,15,16,17,18). The summed E-state index contributed by atoms with van der Waals surface area (Å²) in [5.41, 5.74) is 1.25. The van der Waals surface area contributed by atoms with Crippen molar-refractivity contribution in [3.8, 4) is 17.8 Å². The van der Waals surface area contributed by atoms with Crippen molar-refractivity contribution < 1.29 is 9.47 Å². The molecule has 0 unspecified atom stereocenters. The van der Waals surface area contributed by atoms with Crippen molar-refractivity contribution in [1.29, 1.82) is 0 Å². The monoisotopic (exact) mass is 274 g/mol. The number of aromatic nitrogens is 3. The zero-order valence-corrected chi connectivity index (χ0v) is 12.0. The number of methoxy groups -OCH3 is 1. The van der Waals surface area contributed by atoms with Gasteiger partial charge in [0.05, 0.1) is 7.11 Å². The van der Waals surface area contributed by atoms with Crippen molar-refractivity contribution in [2.75, 3.05) is 19.5 Å². The third kappa shape index (κ3) is 3.34. The molecule has 1 heterocycles. The van der Waals surface area contributed by atoms with Crippen LogP contribution in [0.1, 0.15) is 25.3 Å². The van der Waals surface area contributed by atoms with Crippen molar-refractivity contribution in [3.63, 3.8) is 0 Å². The number of nitrogens with zero attached hydrogens (tertiary/aromatic N) is 3. The Bertz CT molecular complexity index is 548. The Labute approximate surface area is 118 Å². The lowest BCUT2D eigenvalue weighted by atomic mass is 10.0. The molecule has 2 aromatic rings. The molecule has 1 aromatic carbocycles. The van der Waals surface area contributed by atoms with Crippen molar-refractivity contribution in [2.24, 2.45) is 0 Å². The lowest BCUT2D eigenvalue weighted by molar-refractivity contribution is 0.360. The van der Waals surface area contributed by atoms with E-state index >= 15 is 0 Å². The van der Waals surface area contributed by atoms with Gasteiger partial charge in [-0.25, -0.2) is 0 Å². The van der Waals surface area contributed by atoms with Crippen LogP contribution >= 0.6 is 0 Å². The summed E-state index contributed by atoms with van der Waals surface area (Å²) in [5.74, 6) is 1.55. The predicted octanol–water partition coefficient (Wildman–Crippen LogP) is 2.84. The van der Waals surface area contributed by atoms with E-state index < -0.39 is 0 Å². The largest absolute Gasteiger partial charge is 0.467 e. The fourth-order valence-electron chi connectivity index (χ4n) is 1.61. The first-order valence-electron chi connectivity index (χ1n) is 6.38. The molecule has 2 rings (SSSR count). The maximum absolute atomic E-state index is 5.62. The molecule has 0 atom stereocenters. The second kappa shape index (κ2) is 6.18. The fourth-order valence-corrected chi connectivity index (χ4v) is 1.61. The molecule has 0 amide bonds. The van der Waals surface area contributed by atoms with Crippen LogP contribution in [0.2, 0.25) is 0 Å². The molecular weight excluding hydrogens is 256 g/mol. The van der Waals surface area contributed by atoms with Gasteiger partial charge in [-0.15, -0.1) is 4.98 Å². The second-order valence-corrected chi connectivity index (χ2v) is 4.50. The molecule has 0 aliphatic rings. The van der Waals surface area contributed by atoms with Gasteiger partial charge >= 0.3 is 12.0 Å². The minimum Gasteiger partial charge on any atom is -0.467 e. The smallest absolute Gasteiger partial charge is 0.330 e. The van der Waals surface area contributed by atoms with E-state index in [9.17, 15) is 0 Å². The van der Waals surface area contributed by atoms with Crippen molar-refractivity contribution >= 4 is 5.95 Å². The van der Waals surface area contributed by atoms with Crippen molar-refractivity contribution in [3.05, 3.63) is 29.8 Å². The van der Waals surface area contributed by atoms with E-state index in [0.717, 1.165) is 0 Å². The second-order valence-electron chi connectivity index (χ2n) is 4.50. The van der Waals surface area contributed by atoms with Gasteiger partial charge in [0, 0.05) is 7.05 Å². The van der Waals surface area contributed by atoms with E-state index in [-0.39, 0.29) is 12.0 Å². The number of hydrogen-bond donors (Lipinski definition) is 1. The minimum atomic E-state index is 0.193.